The summed E-state index contributed by atoms with van der Waals surface area (Å²) in [7, 11) is 0. The second-order valence-corrected chi connectivity index (χ2v) is 9.85. The third kappa shape index (κ3) is 5.55. The summed E-state index contributed by atoms with van der Waals surface area (Å²) in [6, 6.07) is 16.5. The Labute approximate surface area is 189 Å². The third-order valence-corrected chi connectivity index (χ3v) is 6.92. The molecule has 1 saturated carbocycles. The van der Waals surface area contributed by atoms with Crippen LogP contribution in [0.5, 0.6) is 0 Å². The van der Waals surface area contributed by atoms with Crippen molar-refractivity contribution >= 4 is 0 Å². The second kappa shape index (κ2) is 9.96. The molecule has 2 aromatic rings. The lowest BCUT2D eigenvalue weighted by molar-refractivity contribution is -0.139. The first kappa shape index (κ1) is 23.3. The monoisotopic (exact) mass is 445 g/mol. The predicted octanol–water partition coefficient (Wildman–Crippen LogP) is 7.25. The summed E-state index contributed by atoms with van der Waals surface area (Å²) in [5.41, 5.74) is 1.37. The molecule has 0 N–H and O–H groups in total. The lowest BCUT2D eigenvalue weighted by Crippen LogP contribution is -2.52. The van der Waals surface area contributed by atoms with Crippen molar-refractivity contribution in [1.29, 1.82) is 0 Å². The van der Waals surface area contributed by atoms with Crippen molar-refractivity contribution in [2.75, 3.05) is 6.54 Å². The van der Waals surface area contributed by atoms with E-state index >= 15 is 0 Å². The Bertz CT molecular complexity index is 867. The van der Waals surface area contributed by atoms with E-state index in [1.54, 1.807) is 0 Å². The van der Waals surface area contributed by atoms with E-state index < -0.39 is 11.7 Å². The van der Waals surface area contributed by atoms with Crippen LogP contribution in [0.15, 0.2) is 54.6 Å². The Hall–Kier alpha value is -1.85. The number of alkyl halides is 3. The molecule has 0 spiro atoms. The van der Waals surface area contributed by atoms with E-state index in [1.165, 1.54) is 30.5 Å². The van der Waals surface area contributed by atoms with Gasteiger partial charge in [-0.3, -0.25) is 4.90 Å². The Kier molecular flexibility index (Phi) is 7.26. The molecule has 0 bridgehead atoms. The van der Waals surface area contributed by atoms with Gasteiger partial charge < -0.3 is 4.74 Å². The second-order valence-electron chi connectivity index (χ2n) is 9.85. The average Bonchev–Trinajstić information content (AvgIpc) is 2.78. The van der Waals surface area contributed by atoms with Gasteiger partial charge >= 0.3 is 6.18 Å². The summed E-state index contributed by atoms with van der Waals surface area (Å²) in [4.78, 5) is 2.45. The van der Waals surface area contributed by atoms with Crippen molar-refractivity contribution in [3.8, 4) is 0 Å². The van der Waals surface area contributed by atoms with E-state index in [1.807, 2.05) is 12.1 Å². The number of rotatable bonds is 6. The highest BCUT2D eigenvalue weighted by Gasteiger charge is 2.43. The summed E-state index contributed by atoms with van der Waals surface area (Å²) >= 11 is 0. The molecule has 0 unspecified atom stereocenters. The van der Waals surface area contributed by atoms with E-state index in [9.17, 15) is 13.2 Å². The van der Waals surface area contributed by atoms with Gasteiger partial charge in [0.25, 0.3) is 0 Å². The quantitative estimate of drug-likeness (QED) is 0.464. The number of hydrogen-bond acceptors (Lipinski definition) is 2. The van der Waals surface area contributed by atoms with Crippen molar-refractivity contribution < 1.29 is 17.9 Å². The van der Waals surface area contributed by atoms with Crippen LogP contribution in [-0.2, 0) is 17.5 Å². The first-order valence-corrected chi connectivity index (χ1v) is 11.9. The van der Waals surface area contributed by atoms with E-state index in [4.69, 9.17) is 4.74 Å². The summed E-state index contributed by atoms with van der Waals surface area (Å²) in [6.45, 7) is 5.78. The minimum atomic E-state index is -4.32. The minimum absolute atomic E-state index is 0.0386. The molecule has 4 rings (SSSR count). The van der Waals surface area contributed by atoms with E-state index in [0.29, 0.717) is 24.4 Å². The molecule has 32 heavy (non-hydrogen) atoms. The molecule has 1 saturated heterocycles. The normalized spacial score (nSPS) is 26.3. The standard InChI is InChI=1S/C27H34F3NO/c1-19(2)17-31(18-20-9-8-12-22(15-20)27(28,29)30)24-16-26(21-10-4-3-5-11-21)32-25-14-7-6-13-23(24)25/h3-5,8-12,15,19,23-26H,6-7,13-14,16-18H2,1-2H3/t23-,24+,25+,26+/m1/s1. The highest BCUT2D eigenvalue weighted by molar-refractivity contribution is 5.26. The SMILES string of the molecule is CC(C)CN(Cc1cccc(C(F)(F)F)c1)[C@H]1C[C@@H](c2ccccc2)O[C@H]2CCCC[C@@H]21. The van der Waals surface area contributed by atoms with Gasteiger partial charge in [0.2, 0.25) is 0 Å². The van der Waals surface area contributed by atoms with E-state index in [0.717, 1.165) is 37.4 Å². The fraction of sp³-hybridized carbons (Fsp3) is 0.556. The predicted molar refractivity (Wildman–Crippen MR) is 121 cm³/mol. The smallest absolute Gasteiger partial charge is 0.370 e. The van der Waals surface area contributed by atoms with Gasteiger partial charge in [-0.2, -0.15) is 13.2 Å². The zero-order chi connectivity index (χ0) is 22.7. The molecular weight excluding hydrogens is 411 g/mol. The van der Waals surface area contributed by atoms with Crippen LogP contribution in [0, 0.1) is 11.8 Å². The lowest BCUT2D eigenvalue weighted by Gasteiger charge is -2.49. The average molecular weight is 446 g/mol. The molecule has 0 radical (unpaired) electrons. The number of fused-ring (bicyclic) bond motifs is 1. The fourth-order valence-corrected chi connectivity index (χ4v) is 5.56. The molecule has 1 aliphatic carbocycles. The fourth-order valence-electron chi connectivity index (χ4n) is 5.56. The number of hydrogen-bond donors (Lipinski definition) is 0. The van der Waals surface area contributed by atoms with Crippen LogP contribution in [0.4, 0.5) is 13.2 Å². The summed E-state index contributed by atoms with van der Waals surface area (Å²) in [5.74, 6) is 0.870. The van der Waals surface area contributed by atoms with E-state index in [-0.39, 0.29) is 12.2 Å². The van der Waals surface area contributed by atoms with Crippen molar-refractivity contribution in [2.45, 2.75) is 76.9 Å². The molecule has 2 aromatic carbocycles. The van der Waals surface area contributed by atoms with Gasteiger partial charge in [0.1, 0.15) is 0 Å². The van der Waals surface area contributed by atoms with Crippen LogP contribution < -0.4 is 0 Å². The van der Waals surface area contributed by atoms with Crippen molar-refractivity contribution in [3.05, 3.63) is 71.3 Å². The van der Waals surface area contributed by atoms with Crippen LogP contribution in [-0.4, -0.2) is 23.6 Å². The Morgan fingerprint density at radius 1 is 1.00 bits per heavy atom. The largest absolute Gasteiger partial charge is 0.416 e. The first-order valence-electron chi connectivity index (χ1n) is 11.9. The van der Waals surface area contributed by atoms with Crippen LogP contribution in [0.3, 0.4) is 0 Å². The maximum absolute atomic E-state index is 13.3. The number of nitrogens with zero attached hydrogens (tertiary/aromatic N) is 1. The van der Waals surface area contributed by atoms with Gasteiger partial charge in [-0.05, 0) is 42.4 Å². The minimum Gasteiger partial charge on any atom is -0.370 e. The molecule has 174 valence electrons. The van der Waals surface area contributed by atoms with Gasteiger partial charge in [-0.15, -0.1) is 0 Å². The van der Waals surface area contributed by atoms with Crippen molar-refractivity contribution in [3.63, 3.8) is 0 Å². The molecule has 2 aliphatic rings. The molecule has 1 aliphatic heterocycles. The topological polar surface area (TPSA) is 12.5 Å². The summed E-state index contributed by atoms with van der Waals surface area (Å²) in [5, 5.41) is 0. The molecule has 2 fully saturated rings. The van der Waals surface area contributed by atoms with Gasteiger partial charge in [0.05, 0.1) is 17.8 Å². The number of halogens is 3. The maximum Gasteiger partial charge on any atom is 0.416 e. The first-order chi connectivity index (χ1) is 15.3. The van der Waals surface area contributed by atoms with Crippen molar-refractivity contribution in [2.24, 2.45) is 11.8 Å². The lowest BCUT2D eigenvalue weighted by atomic mass is 9.75. The highest BCUT2D eigenvalue weighted by Crippen LogP contribution is 2.44. The molecule has 5 heteroatoms. The summed E-state index contributed by atoms with van der Waals surface area (Å²) in [6.07, 6.45) is 1.43. The molecule has 1 heterocycles. The Balaban J connectivity index is 1.62. The molecule has 0 amide bonds. The van der Waals surface area contributed by atoms with Crippen LogP contribution in [0.25, 0.3) is 0 Å². The zero-order valence-electron chi connectivity index (χ0n) is 19.0. The van der Waals surface area contributed by atoms with Crippen molar-refractivity contribution in [1.82, 2.24) is 4.90 Å². The van der Waals surface area contributed by atoms with E-state index in [2.05, 4.69) is 43.0 Å². The molecule has 0 aromatic heterocycles. The molecule has 2 nitrogen and oxygen atoms in total. The third-order valence-electron chi connectivity index (χ3n) is 6.92. The Morgan fingerprint density at radius 3 is 2.47 bits per heavy atom. The van der Waals surface area contributed by atoms with Crippen LogP contribution in [0.1, 0.15) is 68.7 Å². The van der Waals surface area contributed by atoms with Crippen LogP contribution in [0.2, 0.25) is 0 Å². The molecular formula is C27H34F3NO. The van der Waals surface area contributed by atoms with Gasteiger partial charge in [-0.25, -0.2) is 0 Å². The van der Waals surface area contributed by atoms with Gasteiger partial charge in [0.15, 0.2) is 0 Å². The van der Waals surface area contributed by atoms with Gasteiger partial charge in [0, 0.05) is 25.0 Å². The maximum atomic E-state index is 13.3. The van der Waals surface area contributed by atoms with Crippen LogP contribution >= 0.6 is 0 Å². The Morgan fingerprint density at radius 2 is 1.75 bits per heavy atom. The summed E-state index contributed by atoms with van der Waals surface area (Å²) < 4.78 is 46.5. The number of benzene rings is 2. The van der Waals surface area contributed by atoms with Gasteiger partial charge in [-0.1, -0.05) is 75.2 Å². The highest BCUT2D eigenvalue weighted by atomic mass is 19.4. The zero-order valence-corrected chi connectivity index (χ0v) is 19.0. The number of ether oxygens (including phenoxy) is 1. The molecule has 4 atom stereocenters.